The standard InChI is InChI=1S/C23H19F2N7/c1-22(2)14-6-8-23(22,18-7-9-27-21(29-18)32-12-26-11-28-32)20-13(14)10-17(30-31-20)19-15(24)4-3-5-16(19)25/h3-5,7,9-12,14H,6,8H2,1-2H3/t14-,23+/m0/s1. The Balaban J connectivity index is 1.54. The quantitative estimate of drug-likeness (QED) is 0.488. The van der Waals surface area contributed by atoms with E-state index >= 15 is 0 Å². The first-order valence-corrected chi connectivity index (χ1v) is 10.4. The summed E-state index contributed by atoms with van der Waals surface area (Å²) in [5.74, 6) is -0.694. The van der Waals surface area contributed by atoms with Crippen LogP contribution in [0, 0.1) is 17.0 Å². The molecule has 2 aliphatic rings. The second-order valence-electron chi connectivity index (χ2n) is 8.93. The van der Waals surface area contributed by atoms with E-state index in [1.165, 1.54) is 29.2 Å². The van der Waals surface area contributed by atoms with Crippen LogP contribution in [-0.2, 0) is 5.41 Å². The Hall–Kier alpha value is -3.62. The molecule has 0 saturated heterocycles. The van der Waals surface area contributed by atoms with Gasteiger partial charge in [0.1, 0.15) is 24.3 Å². The van der Waals surface area contributed by atoms with Gasteiger partial charge in [-0.3, -0.25) is 0 Å². The Bertz CT molecular complexity index is 1330. The molecular formula is C23H19F2N7. The number of nitrogens with zero attached hydrogens (tertiary/aromatic N) is 7. The van der Waals surface area contributed by atoms with E-state index < -0.39 is 17.0 Å². The highest BCUT2D eigenvalue weighted by atomic mass is 19.1. The Morgan fingerprint density at radius 1 is 1.09 bits per heavy atom. The van der Waals surface area contributed by atoms with E-state index in [9.17, 15) is 8.78 Å². The summed E-state index contributed by atoms with van der Waals surface area (Å²) in [4.78, 5) is 13.1. The van der Waals surface area contributed by atoms with Crippen LogP contribution in [0.4, 0.5) is 8.78 Å². The molecule has 4 aromatic rings. The van der Waals surface area contributed by atoms with Crippen molar-refractivity contribution in [2.45, 2.75) is 38.0 Å². The van der Waals surface area contributed by atoms with Crippen LogP contribution < -0.4 is 0 Å². The second-order valence-corrected chi connectivity index (χ2v) is 8.93. The van der Waals surface area contributed by atoms with Gasteiger partial charge < -0.3 is 0 Å². The lowest BCUT2D eigenvalue weighted by atomic mass is 9.66. The maximum Gasteiger partial charge on any atom is 0.252 e. The monoisotopic (exact) mass is 431 g/mol. The number of benzene rings is 1. The molecule has 6 rings (SSSR count). The van der Waals surface area contributed by atoms with E-state index in [4.69, 9.17) is 4.98 Å². The minimum absolute atomic E-state index is 0.145. The molecule has 3 heterocycles. The van der Waals surface area contributed by atoms with Gasteiger partial charge in [-0.1, -0.05) is 19.9 Å². The van der Waals surface area contributed by atoms with Crippen LogP contribution >= 0.6 is 0 Å². The highest BCUT2D eigenvalue weighted by Gasteiger charge is 2.65. The lowest BCUT2D eigenvalue weighted by Gasteiger charge is -2.37. The summed E-state index contributed by atoms with van der Waals surface area (Å²) in [6.45, 7) is 4.40. The first-order chi connectivity index (χ1) is 15.4. The molecule has 0 N–H and O–H groups in total. The molecule has 2 atom stereocenters. The fourth-order valence-corrected chi connectivity index (χ4v) is 5.76. The molecule has 0 spiro atoms. The molecule has 9 heteroatoms. The molecular weight excluding hydrogens is 412 g/mol. The van der Waals surface area contributed by atoms with Crippen molar-refractivity contribution in [3.05, 3.63) is 77.8 Å². The van der Waals surface area contributed by atoms with Crippen LogP contribution in [0.15, 0.2) is 49.2 Å². The summed E-state index contributed by atoms with van der Waals surface area (Å²) < 4.78 is 30.3. The molecule has 3 aromatic heterocycles. The van der Waals surface area contributed by atoms with Crippen molar-refractivity contribution in [2.24, 2.45) is 5.41 Å². The van der Waals surface area contributed by atoms with Gasteiger partial charge in [0.15, 0.2) is 0 Å². The molecule has 2 bridgehead atoms. The third-order valence-corrected chi connectivity index (χ3v) is 7.30. The van der Waals surface area contributed by atoms with E-state index in [-0.39, 0.29) is 22.6 Å². The first-order valence-electron chi connectivity index (χ1n) is 10.4. The van der Waals surface area contributed by atoms with Crippen LogP contribution in [0.1, 0.15) is 49.6 Å². The third kappa shape index (κ3) is 2.33. The summed E-state index contributed by atoms with van der Waals surface area (Å²) in [6, 6.07) is 7.52. The Labute approximate surface area is 182 Å². The molecule has 0 amide bonds. The minimum Gasteiger partial charge on any atom is -0.223 e. The van der Waals surface area contributed by atoms with Crippen molar-refractivity contribution in [3.8, 4) is 17.2 Å². The van der Waals surface area contributed by atoms with Crippen molar-refractivity contribution in [1.29, 1.82) is 0 Å². The fraction of sp³-hybridized carbons (Fsp3) is 0.304. The Kier molecular flexibility index (Phi) is 3.84. The number of hydrogen-bond acceptors (Lipinski definition) is 6. The largest absolute Gasteiger partial charge is 0.252 e. The number of aromatic nitrogens is 7. The summed E-state index contributed by atoms with van der Waals surface area (Å²) in [7, 11) is 0. The van der Waals surface area contributed by atoms with Gasteiger partial charge in [0.2, 0.25) is 0 Å². The minimum atomic E-state index is -0.648. The van der Waals surface area contributed by atoms with Gasteiger partial charge in [-0.15, -0.1) is 5.10 Å². The summed E-state index contributed by atoms with van der Waals surface area (Å²) in [5, 5.41) is 13.0. The normalized spacial score (nSPS) is 22.8. The van der Waals surface area contributed by atoms with Crippen LogP contribution in [0.25, 0.3) is 17.2 Å². The van der Waals surface area contributed by atoms with Crippen LogP contribution in [0.5, 0.6) is 0 Å². The highest BCUT2D eigenvalue weighted by Crippen LogP contribution is 2.69. The van der Waals surface area contributed by atoms with Gasteiger partial charge in [0.05, 0.1) is 28.1 Å². The fourth-order valence-electron chi connectivity index (χ4n) is 5.76. The average Bonchev–Trinajstić information content (AvgIpc) is 3.45. The number of fused-ring (bicyclic) bond motifs is 5. The average molecular weight is 431 g/mol. The molecule has 0 aliphatic heterocycles. The molecule has 32 heavy (non-hydrogen) atoms. The molecule has 1 aromatic carbocycles. The molecule has 160 valence electrons. The first kappa shape index (κ1) is 19.1. The zero-order valence-corrected chi connectivity index (χ0v) is 17.5. The molecule has 1 saturated carbocycles. The van der Waals surface area contributed by atoms with E-state index in [0.717, 1.165) is 29.8 Å². The summed E-state index contributed by atoms with van der Waals surface area (Å²) in [5.41, 5.74) is 2.01. The molecule has 0 unspecified atom stereocenters. The lowest BCUT2D eigenvalue weighted by Crippen LogP contribution is -2.38. The Morgan fingerprint density at radius 3 is 2.66 bits per heavy atom. The van der Waals surface area contributed by atoms with E-state index in [1.54, 1.807) is 18.6 Å². The molecule has 1 fully saturated rings. The summed E-state index contributed by atoms with van der Waals surface area (Å²) >= 11 is 0. The van der Waals surface area contributed by atoms with E-state index in [0.29, 0.717) is 5.95 Å². The predicted octanol–water partition coefficient (Wildman–Crippen LogP) is 4.00. The highest BCUT2D eigenvalue weighted by molar-refractivity contribution is 5.64. The van der Waals surface area contributed by atoms with Crippen molar-refractivity contribution < 1.29 is 8.78 Å². The Morgan fingerprint density at radius 2 is 1.91 bits per heavy atom. The second kappa shape index (κ2) is 6.44. The van der Waals surface area contributed by atoms with Gasteiger partial charge in [0.25, 0.3) is 5.95 Å². The van der Waals surface area contributed by atoms with Gasteiger partial charge in [-0.05, 0) is 54.0 Å². The zero-order chi connectivity index (χ0) is 22.1. The molecule has 2 aliphatic carbocycles. The van der Waals surface area contributed by atoms with Gasteiger partial charge in [-0.2, -0.15) is 14.9 Å². The van der Waals surface area contributed by atoms with Crippen molar-refractivity contribution in [3.63, 3.8) is 0 Å². The van der Waals surface area contributed by atoms with E-state index in [1.807, 2.05) is 6.07 Å². The van der Waals surface area contributed by atoms with Crippen molar-refractivity contribution in [2.75, 3.05) is 0 Å². The predicted molar refractivity (Wildman–Crippen MR) is 111 cm³/mol. The van der Waals surface area contributed by atoms with Gasteiger partial charge in [-0.25, -0.2) is 23.7 Å². The summed E-state index contributed by atoms with van der Waals surface area (Å²) in [6.07, 6.45) is 6.48. The number of rotatable bonds is 3. The topological polar surface area (TPSA) is 82.3 Å². The molecule has 0 radical (unpaired) electrons. The third-order valence-electron chi connectivity index (χ3n) is 7.30. The van der Waals surface area contributed by atoms with Crippen molar-refractivity contribution >= 4 is 0 Å². The van der Waals surface area contributed by atoms with Crippen molar-refractivity contribution in [1.82, 2.24) is 34.9 Å². The lowest BCUT2D eigenvalue weighted by molar-refractivity contribution is 0.242. The maximum atomic E-state index is 14.4. The van der Waals surface area contributed by atoms with E-state index in [2.05, 4.69) is 39.1 Å². The van der Waals surface area contributed by atoms with Crippen LogP contribution in [-0.4, -0.2) is 34.9 Å². The van der Waals surface area contributed by atoms with Gasteiger partial charge in [0, 0.05) is 6.20 Å². The number of halogens is 2. The maximum absolute atomic E-state index is 14.4. The SMILES string of the molecule is CC1(C)[C@H]2CC[C@@]1(c1ccnc(-n3cncn3)n1)c1nnc(-c3c(F)cccc3F)cc12. The van der Waals surface area contributed by atoms with Crippen LogP contribution in [0.2, 0.25) is 0 Å². The zero-order valence-electron chi connectivity index (χ0n) is 17.5. The number of hydrogen-bond donors (Lipinski definition) is 0. The van der Waals surface area contributed by atoms with Gasteiger partial charge >= 0.3 is 0 Å². The smallest absolute Gasteiger partial charge is 0.223 e. The molecule has 7 nitrogen and oxygen atoms in total. The van der Waals surface area contributed by atoms with Crippen LogP contribution in [0.3, 0.4) is 0 Å².